The van der Waals surface area contributed by atoms with Crippen molar-refractivity contribution in [2.24, 2.45) is 0 Å². The number of aryl methyl sites for hydroxylation is 1. The zero-order valence-corrected chi connectivity index (χ0v) is 21.9. The van der Waals surface area contributed by atoms with E-state index >= 15 is 0 Å². The van der Waals surface area contributed by atoms with Crippen molar-refractivity contribution >= 4 is 22.5 Å². The summed E-state index contributed by atoms with van der Waals surface area (Å²) in [5.74, 6) is 1.42. The Labute approximate surface area is 225 Å². The van der Waals surface area contributed by atoms with Gasteiger partial charge in [0.05, 0.1) is 18.8 Å². The van der Waals surface area contributed by atoms with Crippen LogP contribution in [0.25, 0.3) is 10.9 Å². The fourth-order valence-electron chi connectivity index (χ4n) is 5.52. The van der Waals surface area contributed by atoms with Gasteiger partial charge >= 0.3 is 0 Å². The number of hydrogen-bond donors (Lipinski definition) is 1. The van der Waals surface area contributed by atoms with Crippen LogP contribution >= 0.6 is 11.6 Å². The number of nitrogens with one attached hydrogen (secondary N) is 1. The number of fused-ring (bicyclic) bond motifs is 1. The number of furan rings is 1. The average molecular weight is 529 g/mol. The van der Waals surface area contributed by atoms with Crippen molar-refractivity contribution in [3.8, 4) is 0 Å². The molecule has 0 saturated heterocycles. The van der Waals surface area contributed by atoms with E-state index in [4.69, 9.17) is 16.0 Å². The fraction of sp³-hybridized carbons (Fsp3) is 0.310. The first-order chi connectivity index (χ1) is 18.6. The maximum atomic E-state index is 13.7. The summed E-state index contributed by atoms with van der Waals surface area (Å²) in [6.07, 6.45) is 5.97. The molecule has 5 aromatic rings. The lowest BCUT2D eigenvalue weighted by Gasteiger charge is -2.31. The lowest BCUT2D eigenvalue weighted by atomic mass is 10.0. The molecule has 1 aliphatic rings. The number of nitrogens with zero attached hydrogens (tertiary/aromatic N) is 5. The summed E-state index contributed by atoms with van der Waals surface area (Å²) in [6.45, 7) is 2.95. The molecule has 1 fully saturated rings. The van der Waals surface area contributed by atoms with Gasteiger partial charge < -0.3 is 9.40 Å². The molecule has 3 aromatic heterocycles. The lowest BCUT2D eigenvalue weighted by molar-refractivity contribution is 0.176. The summed E-state index contributed by atoms with van der Waals surface area (Å²) >= 11 is 6.62. The quantitative estimate of drug-likeness (QED) is 0.266. The van der Waals surface area contributed by atoms with E-state index in [9.17, 15) is 4.79 Å². The number of halogens is 1. The highest BCUT2D eigenvalue weighted by Crippen LogP contribution is 2.35. The zero-order chi connectivity index (χ0) is 26.1. The van der Waals surface area contributed by atoms with Crippen molar-refractivity contribution in [3.05, 3.63) is 111 Å². The van der Waals surface area contributed by atoms with Crippen molar-refractivity contribution in [2.45, 2.75) is 57.8 Å². The zero-order valence-electron chi connectivity index (χ0n) is 21.2. The van der Waals surface area contributed by atoms with Crippen LogP contribution in [-0.2, 0) is 13.1 Å². The number of benzene rings is 2. The highest BCUT2D eigenvalue weighted by molar-refractivity contribution is 6.31. The predicted molar refractivity (Wildman–Crippen MR) is 146 cm³/mol. The second-order valence-electron chi connectivity index (χ2n) is 10.0. The molecule has 194 valence electrons. The Kier molecular flexibility index (Phi) is 6.82. The molecule has 1 atom stereocenters. The topological polar surface area (TPSA) is 92.8 Å². The van der Waals surface area contributed by atoms with E-state index in [1.54, 1.807) is 6.26 Å². The number of tetrazole rings is 1. The number of aromatic amines is 1. The van der Waals surface area contributed by atoms with Gasteiger partial charge in [0.2, 0.25) is 0 Å². The second-order valence-corrected chi connectivity index (χ2v) is 10.4. The van der Waals surface area contributed by atoms with Crippen LogP contribution in [0.5, 0.6) is 0 Å². The van der Waals surface area contributed by atoms with E-state index in [1.807, 2.05) is 66.2 Å². The van der Waals surface area contributed by atoms with E-state index in [0.29, 0.717) is 29.5 Å². The molecule has 0 aliphatic heterocycles. The van der Waals surface area contributed by atoms with Gasteiger partial charge in [-0.3, -0.25) is 9.69 Å². The van der Waals surface area contributed by atoms with Gasteiger partial charge in [0, 0.05) is 22.6 Å². The van der Waals surface area contributed by atoms with E-state index in [-0.39, 0.29) is 11.6 Å². The third-order valence-electron chi connectivity index (χ3n) is 7.39. The smallest absolute Gasteiger partial charge is 0.253 e. The van der Waals surface area contributed by atoms with Crippen LogP contribution < -0.4 is 5.56 Å². The summed E-state index contributed by atoms with van der Waals surface area (Å²) in [4.78, 5) is 19.0. The SMILES string of the molecule is Cc1ccc2[nH]c(=O)c(C(c3nnnn3C3CCCC3)N(Cc3ccco3)Cc3ccccc3Cl)cc2c1. The maximum Gasteiger partial charge on any atom is 0.253 e. The molecular formula is C29H29ClN6O2. The first-order valence-electron chi connectivity index (χ1n) is 13.0. The van der Waals surface area contributed by atoms with E-state index in [0.717, 1.165) is 53.5 Å². The van der Waals surface area contributed by atoms with Crippen LogP contribution in [0.2, 0.25) is 5.02 Å². The number of rotatable bonds is 8. The normalized spacial score (nSPS) is 15.0. The molecule has 38 heavy (non-hydrogen) atoms. The van der Waals surface area contributed by atoms with Crippen LogP contribution in [0.15, 0.2) is 76.1 Å². The Balaban J connectivity index is 1.55. The third kappa shape index (κ3) is 4.89. The van der Waals surface area contributed by atoms with Gasteiger partial charge in [-0.25, -0.2) is 4.68 Å². The van der Waals surface area contributed by atoms with Gasteiger partial charge in [0.1, 0.15) is 11.8 Å². The Morgan fingerprint density at radius 2 is 1.95 bits per heavy atom. The number of hydrogen-bond acceptors (Lipinski definition) is 6. The van der Waals surface area contributed by atoms with E-state index in [2.05, 4.69) is 31.5 Å². The first kappa shape index (κ1) is 24.6. The Morgan fingerprint density at radius 3 is 2.74 bits per heavy atom. The molecule has 3 heterocycles. The monoisotopic (exact) mass is 528 g/mol. The molecule has 1 unspecified atom stereocenters. The van der Waals surface area contributed by atoms with Crippen LogP contribution in [0.3, 0.4) is 0 Å². The number of aromatic nitrogens is 5. The summed E-state index contributed by atoms with van der Waals surface area (Å²) < 4.78 is 7.69. The molecule has 2 aromatic carbocycles. The van der Waals surface area contributed by atoms with Gasteiger partial charge in [-0.2, -0.15) is 0 Å². The maximum absolute atomic E-state index is 13.7. The van der Waals surface area contributed by atoms with Crippen molar-refractivity contribution in [3.63, 3.8) is 0 Å². The molecular weight excluding hydrogens is 500 g/mol. The molecule has 0 radical (unpaired) electrons. The van der Waals surface area contributed by atoms with E-state index in [1.165, 1.54) is 0 Å². The lowest BCUT2D eigenvalue weighted by Crippen LogP contribution is -2.35. The van der Waals surface area contributed by atoms with Crippen LogP contribution in [-0.4, -0.2) is 30.1 Å². The summed E-state index contributed by atoms with van der Waals surface area (Å²) in [6, 6.07) is 19.2. The van der Waals surface area contributed by atoms with Crippen LogP contribution in [0.1, 0.15) is 66.0 Å². The molecule has 1 saturated carbocycles. The minimum Gasteiger partial charge on any atom is -0.468 e. The molecule has 9 heteroatoms. The predicted octanol–water partition coefficient (Wildman–Crippen LogP) is 5.98. The Hall–Kier alpha value is -3.75. The number of pyridine rings is 1. The molecule has 6 rings (SSSR count). The highest BCUT2D eigenvalue weighted by Gasteiger charge is 2.34. The molecule has 1 N–H and O–H groups in total. The van der Waals surface area contributed by atoms with Crippen molar-refractivity contribution in [1.82, 2.24) is 30.1 Å². The minimum absolute atomic E-state index is 0.170. The highest BCUT2D eigenvalue weighted by atomic mass is 35.5. The van der Waals surface area contributed by atoms with Crippen LogP contribution in [0.4, 0.5) is 0 Å². The molecule has 8 nitrogen and oxygen atoms in total. The van der Waals surface area contributed by atoms with Gasteiger partial charge in [-0.1, -0.05) is 54.3 Å². The minimum atomic E-state index is -0.541. The standard InChI is InChI=1S/C29H29ClN6O2/c1-19-12-13-26-21(15-19)16-24(29(37)31-26)27(28-32-33-34-36(28)22-8-3-4-9-22)35(18-23-10-6-14-38-23)17-20-7-2-5-11-25(20)30/h2,5-7,10-16,22,27H,3-4,8-9,17-18H2,1H3,(H,31,37). The van der Waals surface area contributed by atoms with Gasteiger partial charge in [0.25, 0.3) is 5.56 Å². The number of H-pyrrole nitrogens is 1. The van der Waals surface area contributed by atoms with E-state index < -0.39 is 6.04 Å². The van der Waals surface area contributed by atoms with Crippen molar-refractivity contribution < 1.29 is 4.42 Å². The second kappa shape index (κ2) is 10.6. The fourth-order valence-corrected chi connectivity index (χ4v) is 5.72. The van der Waals surface area contributed by atoms with Gasteiger partial charge in [0.15, 0.2) is 5.82 Å². The van der Waals surface area contributed by atoms with Gasteiger partial charge in [-0.15, -0.1) is 5.10 Å². The summed E-state index contributed by atoms with van der Waals surface area (Å²) in [5, 5.41) is 14.7. The Bertz CT molecular complexity index is 1600. The third-order valence-corrected chi connectivity index (χ3v) is 7.76. The van der Waals surface area contributed by atoms with Crippen LogP contribution in [0, 0.1) is 6.92 Å². The molecule has 0 spiro atoms. The molecule has 0 bridgehead atoms. The summed E-state index contributed by atoms with van der Waals surface area (Å²) in [5.41, 5.74) is 3.26. The first-order valence-corrected chi connectivity index (χ1v) is 13.4. The Morgan fingerprint density at radius 1 is 1.11 bits per heavy atom. The largest absolute Gasteiger partial charge is 0.468 e. The van der Waals surface area contributed by atoms with Crippen molar-refractivity contribution in [1.29, 1.82) is 0 Å². The van der Waals surface area contributed by atoms with Crippen molar-refractivity contribution in [2.75, 3.05) is 0 Å². The molecule has 0 amide bonds. The summed E-state index contributed by atoms with van der Waals surface area (Å²) in [7, 11) is 0. The molecule has 1 aliphatic carbocycles. The average Bonchev–Trinajstić information content (AvgIpc) is 3.69. The van der Waals surface area contributed by atoms with Gasteiger partial charge in [-0.05, 0) is 77.5 Å².